The third-order valence-electron chi connectivity index (χ3n) is 5.20. The van der Waals surface area contributed by atoms with E-state index >= 15 is 0 Å². The lowest BCUT2D eigenvalue weighted by Crippen LogP contribution is -2.33. The van der Waals surface area contributed by atoms with Crippen molar-refractivity contribution in [2.24, 2.45) is 0 Å². The van der Waals surface area contributed by atoms with Crippen molar-refractivity contribution in [1.82, 2.24) is 14.9 Å². The van der Waals surface area contributed by atoms with E-state index in [9.17, 15) is 9.18 Å². The second-order valence-corrected chi connectivity index (χ2v) is 7.92. The van der Waals surface area contributed by atoms with Crippen molar-refractivity contribution >= 4 is 28.7 Å². The second-order valence-electron chi connectivity index (χ2n) is 6.98. The van der Waals surface area contributed by atoms with Gasteiger partial charge in [0, 0.05) is 18.5 Å². The largest absolute Gasteiger partial charge is 0.354 e. The minimum absolute atomic E-state index is 0.00287. The Labute approximate surface area is 162 Å². The van der Waals surface area contributed by atoms with Crippen molar-refractivity contribution in [3.8, 4) is 0 Å². The molecule has 6 heteroatoms. The van der Waals surface area contributed by atoms with E-state index < -0.39 is 0 Å². The molecule has 1 amide bonds. The van der Waals surface area contributed by atoms with Crippen LogP contribution in [0.5, 0.6) is 0 Å². The molecule has 1 N–H and O–H groups in total. The van der Waals surface area contributed by atoms with E-state index in [2.05, 4.69) is 27.9 Å². The standard InChI is InChI=1S/C21H22FN3OS/c1-2-25-18-6-4-3-5-17(18)24-20(25)27-13-19(26)23-14-21(11-12-21)15-7-9-16(22)10-8-15/h3-10H,2,11-14H2,1H3,(H,23,26). The van der Waals surface area contributed by atoms with Crippen molar-refractivity contribution in [2.75, 3.05) is 12.3 Å². The molecule has 1 aliphatic carbocycles. The molecular weight excluding hydrogens is 361 g/mol. The number of nitrogens with zero attached hydrogens (tertiary/aromatic N) is 2. The van der Waals surface area contributed by atoms with Gasteiger partial charge in [-0.15, -0.1) is 0 Å². The molecule has 0 aliphatic heterocycles. The number of carbonyl (C=O) groups excluding carboxylic acids is 1. The van der Waals surface area contributed by atoms with Crippen molar-refractivity contribution in [2.45, 2.75) is 36.9 Å². The Bertz CT molecular complexity index is 963. The Balaban J connectivity index is 1.36. The first-order valence-electron chi connectivity index (χ1n) is 9.22. The van der Waals surface area contributed by atoms with E-state index in [0.717, 1.165) is 41.1 Å². The van der Waals surface area contributed by atoms with E-state index in [4.69, 9.17) is 0 Å². The number of para-hydroxylation sites is 2. The number of imidazole rings is 1. The number of aromatic nitrogens is 2. The minimum Gasteiger partial charge on any atom is -0.354 e. The smallest absolute Gasteiger partial charge is 0.230 e. The predicted octanol–water partition coefficient (Wildman–Crippen LogP) is 4.14. The van der Waals surface area contributed by atoms with Crippen molar-refractivity contribution < 1.29 is 9.18 Å². The SMILES string of the molecule is CCn1c(SCC(=O)NCC2(c3ccc(F)cc3)CC2)nc2ccccc21. The monoisotopic (exact) mass is 383 g/mol. The Morgan fingerprint density at radius 1 is 1.22 bits per heavy atom. The van der Waals surface area contributed by atoms with Crippen LogP contribution in [0.25, 0.3) is 11.0 Å². The molecule has 2 aromatic carbocycles. The lowest BCUT2D eigenvalue weighted by Gasteiger charge is -2.16. The molecule has 0 bridgehead atoms. The number of carbonyl (C=O) groups is 1. The molecule has 1 fully saturated rings. The molecule has 1 heterocycles. The maximum Gasteiger partial charge on any atom is 0.230 e. The van der Waals surface area contributed by atoms with E-state index in [1.165, 1.54) is 23.9 Å². The predicted molar refractivity (Wildman–Crippen MR) is 106 cm³/mol. The number of hydrogen-bond donors (Lipinski definition) is 1. The number of hydrogen-bond acceptors (Lipinski definition) is 3. The molecule has 0 saturated heterocycles. The Morgan fingerprint density at radius 2 is 1.96 bits per heavy atom. The summed E-state index contributed by atoms with van der Waals surface area (Å²) in [5, 5.41) is 3.92. The van der Waals surface area contributed by atoms with Crippen LogP contribution < -0.4 is 5.32 Å². The van der Waals surface area contributed by atoms with Crippen LogP contribution in [0.4, 0.5) is 4.39 Å². The molecule has 0 radical (unpaired) electrons. The van der Waals surface area contributed by atoms with Gasteiger partial charge in [-0.05, 0) is 49.6 Å². The van der Waals surface area contributed by atoms with Crippen molar-refractivity contribution in [3.63, 3.8) is 0 Å². The maximum atomic E-state index is 13.1. The van der Waals surface area contributed by atoms with Gasteiger partial charge in [0.25, 0.3) is 0 Å². The van der Waals surface area contributed by atoms with E-state index in [0.29, 0.717) is 12.3 Å². The van der Waals surface area contributed by atoms with Gasteiger partial charge >= 0.3 is 0 Å². The average Bonchev–Trinajstić information content (AvgIpc) is 3.39. The number of nitrogens with one attached hydrogen (secondary N) is 1. The zero-order chi connectivity index (χ0) is 18.9. The summed E-state index contributed by atoms with van der Waals surface area (Å²) in [4.78, 5) is 17.0. The molecule has 1 aliphatic rings. The zero-order valence-electron chi connectivity index (χ0n) is 15.2. The first-order chi connectivity index (χ1) is 13.1. The molecule has 1 aromatic heterocycles. The first kappa shape index (κ1) is 18.0. The Morgan fingerprint density at radius 3 is 2.67 bits per heavy atom. The van der Waals surface area contributed by atoms with Gasteiger partial charge in [0.2, 0.25) is 5.91 Å². The van der Waals surface area contributed by atoms with Gasteiger partial charge < -0.3 is 9.88 Å². The third-order valence-corrected chi connectivity index (χ3v) is 6.18. The van der Waals surface area contributed by atoms with Crippen LogP contribution in [-0.2, 0) is 16.8 Å². The third kappa shape index (κ3) is 3.72. The number of fused-ring (bicyclic) bond motifs is 1. The number of aryl methyl sites for hydroxylation is 1. The zero-order valence-corrected chi connectivity index (χ0v) is 16.1. The van der Waals surface area contributed by atoms with Crippen LogP contribution in [0, 0.1) is 5.82 Å². The summed E-state index contributed by atoms with van der Waals surface area (Å²) >= 11 is 1.46. The van der Waals surface area contributed by atoms with Crippen molar-refractivity contribution in [1.29, 1.82) is 0 Å². The van der Waals surface area contributed by atoms with E-state index in [1.54, 1.807) is 0 Å². The van der Waals surface area contributed by atoms with Gasteiger partial charge in [-0.2, -0.15) is 0 Å². The highest BCUT2D eigenvalue weighted by atomic mass is 32.2. The summed E-state index contributed by atoms with van der Waals surface area (Å²) < 4.78 is 15.3. The summed E-state index contributed by atoms with van der Waals surface area (Å²) in [6.07, 6.45) is 2.05. The highest BCUT2D eigenvalue weighted by Gasteiger charge is 2.44. The van der Waals surface area contributed by atoms with Crippen LogP contribution in [0.2, 0.25) is 0 Å². The van der Waals surface area contributed by atoms with Crippen LogP contribution in [0.3, 0.4) is 0 Å². The fourth-order valence-electron chi connectivity index (χ4n) is 3.44. The van der Waals surface area contributed by atoms with Gasteiger partial charge in [0.1, 0.15) is 5.82 Å². The van der Waals surface area contributed by atoms with Crippen LogP contribution >= 0.6 is 11.8 Å². The highest BCUT2D eigenvalue weighted by Crippen LogP contribution is 2.47. The topological polar surface area (TPSA) is 46.9 Å². The quantitative estimate of drug-likeness (QED) is 0.624. The maximum absolute atomic E-state index is 13.1. The summed E-state index contributed by atoms with van der Waals surface area (Å²) in [5.74, 6) is 0.111. The molecule has 4 rings (SSSR count). The molecule has 0 spiro atoms. The number of benzene rings is 2. The van der Waals surface area contributed by atoms with Crippen LogP contribution in [-0.4, -0.2) is 27.8 Å². The van der Waals surface area contributed by atoms with E-state index in [-0.39, 0.29) is 17.1 Å². The highest BCUT2D eigenvalue weighted by molar-refractivity contribution is 7.99. The number of thioether (sulfide) groups is 1. The number of rotatable bonds is 7. The van der Waals surface area contributed by atoms with Crippen molar-refractivity contribution in [3.05, 3.63) is 59.9 Å². The van der Waals surface area contributed by atoms with E-state index in [1.807, 2.05) is 30.3 Å². The Kier molecular flexibility index (Phi) is 4.91. The molecule has 0 atom stereocenters. The molecule has 27 heavy (non-hydrogen) atoms. The van der Waals surface area contributed by atoms with Gasteiger partial charge in [-0.25, -0.2) is 9.37 Å². The fourth-order valence-corrected chi connectivity index (χ4v) is 4.35. The van der Waals surface area contributed by atoms with Crippen LogP contribution in [0.15, 0.2) is 53.7 Å². The number of amides is 1. The summed E-state index contributed by atoms with van der Waals surface area (Å²) in [6.45, 7) is 3.50. The molecule has 1 saturated carbocycles. The van der Waals surface area contributed by atoms with Crippen LogP contribution in [0.1, 0.15) is 25.3 Å². The average molecular weight is 383 g/mol. The summed E-state index contributed by atoms with van der Waals surface area (Å²) in [6, 6.07) is 14.6. The van der Waals surface area contributed by atoms with Gasteiger partial charge in [-0.1, -0.05) is 36.0 Å². The molecule has 4 nitrogen and oxygen atoms in total. The van der Waals surface area contributed by atoms with Gasteiger partial charge in [-0.3, -0.25) is 4.79 Å². The number of halogens is 1. The summed E-state index contributed by atoms with van der Waals surface area (Å²) in [7, 11) is 0. The lowest BCUT2D eigenvalue weighted by molar-refractivity contribution is -0.118. The fraction of sp³-hybridized carbons (Fsp3) is 0.333. The second kappa shape index (κ2) is 7.35. The molecule has 0 unspecified atom stereocenters. The first-order valence-corrected chi connectivity index (χ1v) is 10.2. The van der Waals surface area contributed by atoms with Gasteiger partial charge in [0.15, 0.2) is 5.16 Å². The molecule has 3 aromatic rings. The van der Waals surface area contributed by atoms with Gasteiger partial charge in [0.05, 0.1) is 16.8 Å². The molecule has 140 valence electrons. The normalized spacial score (nSPS) is 15.0. The molecular formula is C21H22FN3OS. The lowest BCUT2D eigenvalue weighted by atomic mass is 9.96. The Hall–Kier alpha value is -2.34. The minimum atomic E-state index is -0.228. The summed E-state index contributed by atoms with van der Waals surface area (Å²) in [5.41, 5.74) is 3.13.